The second kappa shape index (κ2) is 11.0. The van der Waals surface area contributed by atoms with E-state index in [1.165, 1.54) is 51.4 Å². The van der Waals surface area contributed by atoms with Crippen LogP contribution in [-0.4, -0.2) is 31.2 Å². The van der Waals surface area contributed by atoms with Crippen LogP contribution < -0.4 is 0 Å². The first-order chi connectivity index (χ1) is 7.66. The highest BCUT2D eigenvalue weighted by Gasteiger charge is 2.01. The summed E-state index contributed by atoms with van der Waals surface area (Å²) in [7, 11) is 3.97. The molecule has 0 aliphatic heterocycles. The number of unbranched alkanes of at least 4 members (excludes halogenated alkanes) is 6. The van der Waals surface area contributed by atoms with E-state index in [9.17, 15) is 0 Å². The fourth-order valence-electron chi connectivity index (χ4n) is 1.68. The van der Waals surface area contributed by atoms with Crippen molar-refractivity contribution < 1.29 is 9.31 Å². The van der Waals surface area contributed by atoms with Crippen LogP contribution in [0.25, 0.3) is 0 Å². The molecule has 1 atom stereocenters. The monoisotopic (exact) mass is 228 g/mol. The fourth-order valence-corrected chi connectivity index (χ4v) is 1.68. The van der Waals surface area contributed by atoms with E-state index in [1.807, 2.05) is 18.7 Å². The van der Waals surface area contributed by atoms with E-state index in [2.05, 4.69) is 13.8 Å². The van der Waals surface area contributed by atoms with E-state index in [0.29, 0.717) is 6.10 Å². The molecule has 0 saturated carbocycles. The van der Waals surface area contributed by atoms with Crippen LogP contribution in [0.3, 0.4) is 0 Å². The minimum absolute atomic E-state index is 0.359. The van der Waals surface area contributed by atoms with Crippen molar-refractivity contribution >= 4 is 6.40 Å². The molecule has 2 heteroatoms. The summed E-state index contributed by atoms with van der Waals surface area (Å²) in [5, 5.41) is 0. The average Bonchev–Trinajstić information content (AvgIpc) is 2.25. The summed E-state index contributed by atoms with van der Waals surface area (Å²) in [4.78, 5) is 0. The maximum absolute atomic E-state index is 5.55. The molecule has 0 amide bonds. The van der Waals surface area contributed by atoms with Gasteiger partial charge in [-0.1, -0.05) is 45.4 Å². The van der Waals surface area contributed by atoms with Gasteiger partial charge < -0.3 is 4.74 Å². The van der Waals surface area contributed by atoms with Crippen molar-refractivity contribution in [3.05, 3.63) is 0 Å². The molecule has 0 saturated heterocycles. The smallest absolute Gasteiger partial charge is 0.323 e. The van der Waals surface area contributed by atoms with E-state index in [4.69, 9.17) is 4.74 Å². The summed E-state index contributed by atoms with van der Waals surface area (Å²) < 4.78 is 7.50. The Hall–Kier alpha value is -0.530. The minimum Gasteiger partial charge on any atom is -0.447 e. The van der Waals surface area contributed by atoms with Crippen molar-refractivity contribution in [2.24, 2.45) is 0 Å². The standard InChI is InChI=1S/C14H30NO/c1-5-6-7-8-9-10-11-12-14(2)16-13-15(3)4/h13-14H,5-12H2,1-4H3/q+1. The van der Waals surface area contributed by atoms with E-state index >= 15 is 0 Å². The number of hydrogen-bond donors (Lipinski definition) is 0. The Morgan fingerprint density at radius 1 is 1.00 bits per heavy atom. The molecule has 2 nitrogen and oxygen atoms in total. The molecule has 0 aromatic heterocycles. The van der Waals surface area contributed by atoms with Gasteiger partial charge in [-0.15, -0.1) is 0 Å². The van der Waals surface area contributed by atoms with E-state index < -0.39 is 0 Å². The molecule has 0 rings (SSSR count). The number of hydrogen-bond acceptors (Lipinski definition) is 1. The van der Waals surface area contributed by atoms with Crippen LogP contribution in [0, 0.1) is 0 Å². The Morgan fingerprint density at radius 3 is 2.12 bits per heavy atom. The molecule has 0 aliphatic rings. The zero-order chi connectivity index (χ0) is 12.2. The van der Waals surface area contributed by atoms with E-state index in [0.717, 1.165) is 0 Å². The minimum atomic E-state index is 0.359. The van der Waals surface area contributed by atoms with Gasteiger partial charge in [-0.3, -0.25) is 0 Å². The Labute approximate surface area is 102 Å². The molecule has 96 valence electrons. The lowest BCUT2D eigenvalue weighted by Crippen LogP contribution is -2.11. The molecule has 0 spiro atoms. The largest absolute Gasteiger partial charge is 0.447 e. The van der Waals surface area contributed by atoms with Crippen molar-refractivity contribution in [1.82, 2.24) is 0 Å². The lowest BCUT2D eigenvalue weighted by atomic mass is 10.1. The molecule has 16 heavy (non-hydrogen) atoms. The highest BCUT2D eigenvalue weighted by molar-refractivity contribution is 5.39. The van der Waals surface area contributed by atoms with Crippen LogP contribution in [0.4, 0.5) is 0 Å². The average molecular weight is 228 g/mol. The van der Waals surface area contributed by atoms with Gasteiger partial charge in [-0.25, -0.2) is 4.58 Å². The first-order valence-electron chi connectivity index (χ1n) is 6.82. The molecule has 0 radical (unpaired) electrons. The van der Waals surface area contributed by atoms with Crippen molar-refractivity contribution in [2.75, 3.05) is 14.1 Å². The third-order valence-corrected chi connectivity index (χ3v) is 2.72. The van der Waals surface area contributed by atoms with Gasteiger partial charge in [0.15, 0.2) is 0 Å². The summed E-state index contributed by atoms with van der Waals surface area (Å²) in [5.41, 5.74) is 0. The first-order valence-corrected chi connectivity index (χ1v) is 6.82. The molecule has 0 N–H and O–H groups in total. The second-order valence-corrected chi connectivity index (χ2v) is 4.93. The number of rotatable bonds is 10. The topological polar surface area (TPSA) is 12.2 Å². The molecule has 0 aliphatic carbocycles. The SMILES string of the molecule is CCCCCCCCCC(C)OC=[N+](C)C. The van der Waals surface area contributed by atoms with E-state index in [1.54, 1.807) is 6.40 Å². The Balaban J connectivity index is 3.21. The Bertz CT molecular complexity index is 174. The van der Waals surface area contributed by atoms with Gasteiger partial charge in [0, 0.05) is 0 Å². The molecular formula is C14H30NO+. The molecule has 0 fully saturated rings. The van der Waals surface area contributed by atoms with Crippen LogP contribution in [-0.2, 0) is 4.74 Å². The Morgan fingerprint density at radius 2 is 1.56 bits per heavy atom. The van der Waals surface area contributed by atoms with Gasteiger partial charge in [-0.2, -0.15) is 0 Å². The summed E-state index contributed by atoms with van der Waals surface area (Å²) >= 11 is 0. The summed E-state index contributed by atoms with van der Waals surface area (Å²) in [6.45, 7) is 4.41. The lowest BCUT2D eigenvalue weighted by Gasteiger charge is -2.08. The van der Waals surface area contributed by atoms with Gasteiger partial charge in [0.25, 0.3) is 0 Å². The predicted molar refractivity (Wildman–Crippen MR) is 71.3 cm³/mol. The van der Waals surface area contributed by atoms with Crippen LogP contribution in [0.15, 0.2) is 0 Å². The van der Waals surface area contributed by atoms with Crippen LogP contribution in [0.1, 0.15) is 65.2 Å². The molecule has 0 heterocycles. The van der Waals surface area contributed by atoms with Crippen molar-refractivity contribution in [2.45, 2.75) is 71.3 Å². The fraction of sp³-hybridized carbons (Fsp3) is 0.929. The van der Waals surface area contributed by atoms with Gasteiger partial charge in [0.05, 0.1) is 0 Å². The van der Waals surface area contributed by atoms with Gasteiger partial charge in [-0.05, 0) is 19.8 Å². The third-order valence-electron chi connectivity index (χ3n) is 2.72. The van der Waals surface area contributed by atoms with Gasteiger partial charge in [0.1, 0.15) is 20.2 Å². The molecule has 0 bridgehead atoms. The first kappa shape index (κ1) is 15.5. The molecule has 0 aromatic carbocycles. The molecule has 0 aromatic rings. The van der Waals surface area contributed by atoms with Crippen molar-refractivity contribution in [3.8, 4) is 0 Å². The highest BCUT2D eigenvalue weighted by Crippen LogP contribution is 2.10. The number of ether oxygens (including phenoxy) is 1. The second-order valence-electron chi connectivity index (χ2n) is 4.93. The van der Waals surface area contributed by atoms with E-state index in [-0.39, 0.29) is 0 Å². The molecular weight excluding hydrogens is 198 g/mol. The lowest BCUT2D eigenvalue weighted by molar-refractivity contribution is -0.469. The normalized spacial score (nSPS) is 12.2. The van der Waals surface area contributed by atoms with Crippen LogP contribution in [0.5, 0.6) is 0 Å². The number of nitrogens with zero attached hydrogens (tertiary/aromatic N) is 1. The Kier molecular flexibility index (Phi) is 10.6. The van der Waals surface area contributed by atoms with Gasteiger partial charge in [0.2, 0.25) is 0 Å². The summed E-state index contributed by atoms with van der Waals surface area (Å²) in [6, 6.07) is 0. The zero-order valence-electron chi connectivity index (χ0n) is 11.7. The predicted octanol–water partition coefficient (Wildman–Crippen LogP) is 3.83. The van der Waals surface area contributed by atoms with Crippen molar-refractivity contribution in [1.29, 1.82) is 0 Å². The zero-order valence-corrected chi connectivity index (χ0v) is 11.7. The molecule has 1 unspecified atom stereocenters. The van der Waals surface area contributed by atoms with Crippen LogP contribution in [0.2, 0.25) is 0 Å². The third kappa shape index (κ3) is 11.5. The highest BCUT2D eigenvalue weighted by atomic mass is 16.5. The quantitative estimate of drug-likeness (QED) is 0.239. The maximum atomic E-state index is 5.55. The summed E-state index contributed by atoms with van der Waals surface area (Å²) in [6.07, 6.45) is 13.0. The van der Waals surface area contributed by atoms with Crippen LogP contribution >= 0.6 is 0 Å². The van der Waals surface area contributed by atoms with Crippen molar-refractivity contribution in [3.63, 3.8) is 0 Å². The van der Waals surface area contributed by atoms with Gasteiger partial charge >= 0.3 is 6.40 Å². The summed E-state index contributed by atoms with van der Waals surface area (Å²) in [5.74, 6) is 0. The maximum Gasteiger partial charge on any atom is 0.323 e.